The zero-order chi connectivity index (χ0) is 11.2. The molecule has 2 atom stereocenters. The van der Waals surface area contributed by atoms with Crippen LogP contribution in [0.5, 0.6) is 0 Å². The lowest BCUT2D eigenvalue weighted by molar-refractivity contribution is 0.426. The van der Waals surface area contributed by atoms with Crippen LogP contribution in [0.1, 0.15) is 50.3 Å². The van der Waals surface area contributed by atoms with Crippen LogP contribution in [-0.2, 0) is 6.54 Å². The zero-order valence-electron chi connectivity index (χ0n) is 10.2. The first-order valence-electron chi connectivity index (χ1n) is 6.64. The lowest BCUT2D eigenvalue weighted by Crippen LogP contribution is -2.27. The fourth-order valence-electron chi connectivity index (χ4n) is 2.65. The Morgan fingerprint density at radius 2 is 2.25 bits per heavy atom. The van der Waals surface area contributed by atoms with Crippen LogP contribution in [0.4, 0.5) is 0 Å². The van der Waals surface area contributed by atoms with Gasteiger partial charge in [-0.15, -0.1) is 11.3 Å². The van der Waals surface area contributed by atoms with E-state index in [1.54, 1.807) is 0 Å². The summed E-state index contributed by atoms with van der Waals surface area (Å²) in [5.41, 5.74) is 0. The summed E-state index contributed by atoms with van der Waals surface area (Å²) in [6.45, 7) is 3.41. The van der Waals surface area contributed by atoms with Gasteiger partial charge in [-0.1, -0.05) is 32.3 Å². The molecule has 1 saturated carbocycles. The van der Waals surface area contributed by atoms with Gasteiger partial charge >= 0.3 is 0 Å². The third-order valence-corrected chi connectivity index (χ3v) is 4.69. The highest BCUT2D eigenvalue weighted by atomic mass is 32.1. The van der Waals surface area contributed by atoms with Gasteiger partial charge in [-0.3, -0.25) is 0 Å². The summed E-state index contributed by atoms with van der Waals surface area (Å²) in [4.78, 5) is 1.47. The molecule has 90 valence electrons. The summed E-state index contributed by atoms with van der Waals surface area (Å²) in [6.07, 6.45) is 8.43. The predicted molar refractivity (Wildman–Crippen MR) is 71.8 cm³/mol. The van der Waals surface area contributed by atoms with Gasteiger partial charge in [-0.25, -0.2) is 0 Å². The summed E-state index contributed by atoms with van der Waals surface area (Å²) in [6, 6.07) is 5.13. The van der Waals surface area contributed by atoms with Crippen molar-refractivity contribution in [3.05, 3.63) is 22.4 Å². The molecule has 1 fully saturated rings. The topological polar surface area (TPSA) is 12.0 Å². The van der Waals surface area contributed by atoms with E-state index in [9.17, 15) is 0 Å². The molecule has 2 rings (SSSR count). The van der Waals surface area contributed by atoms with Crippen LogP contribution < -0.4 is 5.32 Å². The average Bonchev–Trinajstić information content (AvgIpc) is 2.72. The van der Waals surface area contributed by atoms with E-state index in [1.807, 2.05) is 11.3 Å². The molecule has 0 amide bonds. The highest BCUT2D eigenvalue weighted by molar-refractivity contribution is 7.09. The Hall–Kier alpha value is -0.340. The summed E-state index contributed by atoms with van der Waals surface area (Å²) in [7, 11) is 0. The number of thiophene rings is 1. The molecule has 2 heteroatoms. The largest absolute Gasteiger partial charge is 0.309 e. The van der Waals surface area contributed by atoms with E-state index in [-0.39, 0.29) is 0 Å². The Labute approximate surface area is 103 Å². The Balaban J connectivity index is 1.73. The summed E-state index contributed by atoms with van der Waals surface area (Å²) >= 11 is 1.86. The van der Waals surface area contributed by atoms with Gasteiger partial charge in [-0.2, -0.15) is 0 Å². The van der Waals surface area contributed by atoms with Crippen LogP contribution in [0.2, 0.25) is 0 Å². The third kappa shape index (κ3) is 3.60. The normalized spacial score (nSPS) is 26.6. The molecule has 1 nitrogen and oxygen atoms in total. The van der Waals surface area contributed by atoms with Crippen molar-refractivity contribution in [1.82, 2.24) is 5.32 Å². The maximum atomic E-state index is 3.72. The second kappa shape index (κ2) is 6.41. The summed E-state index contributed by atoms with van der Waals surface area (Å²) in [5, 5.41) is 5.88. The van der Waals surface area contributed by atoms with Gasteiger partial charge in [0.15, 0.2) is 0 Å². The van der Waals surface area contributed by atoms with Crippen molar-refractivity contribution in [3.63, 3.8) is 0 Å². The van der Waals surface area contributed by atoms with E-state index in [4.69, 9.17) is 0 Å². The van der Waals surface area contributed by atoms with E-state index >= 15 is 0 Å². The molecule has 1 aliphatic rings. The molecule has 1 N–H and O–H groups in total. The lowest BCUT2D eigenvalue weighted by atomic mass is 9.98. The first-order valence-corrected chi connectivity index (χ1v) is 7.52. The van der Waals surface area contributed by atoms with Crippen LogP contribution in [0, 0.1) is 5.92 Å². The molecule has 1 heterocycles. The van der Waals surface area contributed by atoms with Crippen molar-refractivity contribution in [1.29, 1.82) is 0 Å². The quantitative estimate of drug-likeness (QED) is 0.774. The number of hydrogen-bond acceptors (Lipinski definition) is 2. The maximum absolute atomic E-state index is 3.72. The van der Waals surface area contributed by atoms with Crippen molar-refractivity contribution >= 4 is 11.3 Å². The second-order valence-electron chi connectivity index (χ2n) is 4.94. The first kappa shape index (κ1) is 12.1. The van der Waals surface area contributed by atoms with E-state index in [2.05, 4.69) is 29.8 Å². The van der Waals surface area contributed by atoms with Crippen molar-refractivity contribution < 1.29 is 0 Å². The number of rotatable bonds is 4. The number of hydrogen-bond donors (Lipinski definition) is 1. The van der Waals surface area contributed by atoms with Crippen LogP contribution in [0.3, 0.4) is 0 Å². The monoisotopic (exact) mass is 237 g/mol. The molecule has 0 saturated heterocycles. The molecule has 2 unspecified atom stereocenters. The molecule has 1 aromatic heterocycles. The summed E-state index contributed by atoms with van der Waals surface area (Å²) in [5.74, 6) is 0.994. The van der Waals surface area contributed by atoms with Gasteiger partial charge in [0.1, 0.15) is 0 Å². The zero-order valence-corrected chi connectivity index (χ0v) is 11.1. The van der Waals surface area contributed by atoms with Crippen molar-refractivity contribution in [2.45, 2.75) is 58.0 Å². The van der Waals surface area contributed by atoms with Gasteiger partial charge in [0.05, 0.1) is 0 Å². The molecular formula is C14H23NS. The minimum atomic E-state index is 0.763. The van der Waals surface area contributed by atoms with Crippen molar-refractivity contribution in [3.8, 4) is 0 Å². The molecule has 1 aromatic rings. The molecule has 0 aliphatic heterocycles. The average molecular weight is 237 g/mol. The third-order valence-electron chi connectivity index (χ3n) is 3.81. The first-order chi connectivity index (χ1) is 7.88. The standard InChI is InChI=1S/C14H23NS/c1-2-12-5-3-6-13(9-8-12)15-11-14-7-4-10-16-14/h4,7,10,12-13,15H,2-3,5-6,8-9,11H2,1H3. The van der Waals surface area contributed by atoms with Crippen LogP contribution in [0.15, 0.2) is 17.5 Å². The predicted octanol–water partition coefficient (Wildman–Crippen LogP) is 4.20. The maximum Gasteiger partial charge on any atom is 0.0302 e. The van der Waals surface area contributed by atoms with E-state index in [0.717, 1.165) is 18.5 Å². The van der Waals surface area contributed by atoms with Gasteiger partial charge in [0.25, 0.3) is 0 Å². The van der Waals surface area contributed by atoms with Gasteiger partial charge < -0.3 is 5.32 Å². The minimum absolute atomic E-state index is 0.763. The van der Waals surface area contributed by atoms with E-state index in [1.165, 1.54) is 43.4 Å². The highest BCUT2D eigenvalue weighted by Gasteiger charge is 2.17. The van der Waals surface area contributed by atoms with Gasteiger partial charge in [0.2, 0.25) is 0 Å². The lowest BCUT2D eigenvalue weighted by Gasteiger charge is -2.16. The molecular weight excluding hydrogens is 214 g/mol. The Morgan fingerprint density at radius 3 is 3.00 bits per heavy atom. The van der Waals surface area contributed by atoms with Crippen LogP contribution in [-0.4, -0.2) is 6.04 Å². The van der Waals surface area contributed by atoms with Crippen molar-refractivity contribution in [2.24, 2.45) is 5.92 Å². The Bertz CT molecular complexity index is 281. The van der Waals surface area contributed by atoms with E-state index in [0.29, 0.717) is 0 Å². The van der Waals surface area contributed by atoms with Gasteiger partial charge in [-0.05, 0) is 36.6 Å². The van der Waals surface area contributed by atoms with Crippen LogP contribution >= 0.6 is 11.3 Å². The Kier molecular flexibility index (Phi) is 4.86. The fraction of sp³-hybridized carbons (Fsp3) is 0.714. The smallest absolute Gasteiger partial charge is 0.0302 e. The molecule has 1 aliphatic carbocycles. The Morgan fingerprint density at radius 1 is 1.31 bits per heavy atom. The molecule has 0 aromatic carbocycles. The fourth-order valence-corrected chi connectivity index (χ4v) is 3.30. The van der Waals surface area contributed by atoms with Gasteiger partial charge in [0, 0.05) is 17.5 Å². The summed E-state index contributed by atoms with van der Waals surface area (Å²) < 4.78 is 0. The number of nitrogens with one attached hydrogen (secondary N) is 1. The molecule has 16 heavy (non-hydrogen) atoms. The molecule has 0 radical (unpaired) electrons. The molecule has 0 bridgehead atoms. The minimum Gasteiger partial charge on any atom is -0.309 e. The van der Waals surface area contributed by atoms with Crippen molar-refractivity contribution in [2.75, 3.05) is 0 Å². The molecule has 0 spiro atoms. The SMILES string of the molecule is CCC1CCCC(NCc2cccs2)CC1. The second-order valence-corrected chi connectivity index (χ2v) is 5.97. The van der Waals surface area contributed by atoms with E-state index < -0.39 is 0 Å². The van der Waals surface area contributed by atoms with Crippen LogP contribution in [0.25, 0.3) is 0 Å². The highest BCUT2D eigenvalue weighted by Crippen LogP contribution is 2.25.